The summed E-state index contributed by atoms with van der Waals surface area (Å²) in [4.78, 5) is 16.4. The Kier molecular flexibility index (Phi) is 7.11. The Hall–Kier alpha value is -3.71. The van der Waals surface area contributed by atoms with Crippen LogP contribution in [0.4, 0.5) is 42.5 Å². The Balaban J connectivity index is 1.53. The molecule has 0 spiro atoms. The molecule has 1 aliphatic heterocycles. The molecular formula is C23H16ClF6N3O4. The standard InChI is InChI=1S/C23H16ClF6N3O4/c24-18-10-9-16(32-20(34)31-13-5-7-14(8-6-13)37-23(28,29)30)19(33-18)36-17-4-2-1-3-15(17)21(11-12-35-21)22(25,26)27/h1-10H,11-12H2,(H2,31,32,34). The lowest BCUT2D eigenvalue weighted by molar-refractivity contribution is -0.333. The van der Waals surface area contributed by atoms with E-state index in [4.69, 9.17) is 21.1 Å². The molecule has 2 aromatic carbocycles. The Labute approximate surface area is 210 Å². The van der Waals surface area contributed by atoms with Gasteiger partial charge in [-0.05, 0) is 42.5 Å². The molecule has 4 rings (SSSR count). The van der Waals surface area contributed by atoms with Crippen molar-refractivity contribution in [1.29, 1.82) is 0 Å². The molecule has 37 heavy (non-hydrogen) atoms. The maximum absolute atomic E-state index is 13.8. The third-order valence-electron chi connectivity index (χ3n) is 5.21. The number of nitrogens with zero attached hydrogens (tertiary/aromatic N) is 1. The van der Waals surface area contributed by atoms with Gasteiger partial charge in [-0.25, -0.2) is 4.79 Å². The largest absolute Gasteiger partial charge is 0.573 e. The average Bonchev–Trinajstić information content (AvgIpc) is 2.75. The van der Waals surface area contributed by atoms with Crippen molar-refractivity contribution in [3.8, 4) is 17.4 Å². The van der Waals surface area contributed by atoms with E-state index in [-0.39, 0.29) is 46.7 Å². The van der Waals surface area contributed by atoms with Gasteiger partial charge in [-0.1, -0.05) is 29.8 Å². The molecule has 1 unspecified atom stereocenters. The predicted octanol–water partition coefficient (Wildman–Crippen LogP) is 7.25. The maximum atomic E-state index is 13.8. The molecule has 1 fully saturated rings. The molecule has 1 aliphatic rings. The number of ether oxygens (including phenoxy) is 3. The number of para-hydroxylation sites is 1. The van der Waals surface area contributed by atoms with E-state index in [1.165, 1.54) is 48.5 Å². The lowest BCUT2D eigenvalue weighted by atomic mass is 9.85. The second kappa shape index (κ2) is 9.98. The van der Waals surface area contributed by atoms with Crippen molar-refractivity contribution < 1.29 is 45.3 Å². The number of hydrogen-bond acceptors (Lipinski definition) is 5. The van der Waals surface area contributed by atoms with Crippen LogP contribution in [0.5, 0.6) is 17.4 Å². The highest BCUT2D eigenvalue weighted by molar-refractivity contribution is 6.29. The average molecular weight is 548 g/mol. The lowest BCUT2D eigenvalue weighted by Crippen LogP contribution is -2.52. The maximum Gasteiger partial charge on any atom is 0.573 e. The van der Waals surface area contributed by atoms with Crippen LogP contribution in [-0.4, -0.2) is 30.2 Å². The molecule has 1 atom stereocenters. The number of nitrogens with one attached hydrogen (secondary N) is 2. The molecule has 3 aromatic rings. The fourth-order valence-corrected chi connectivity index (χ4v) is 3.64. The van der Waals surface area contributed by atoms with Gasteiger partial charge in [-0.15, -0.1) is 13.2 Å². The number of halogens is 7. The fourth-order valence-electron chi connectivity index (χ4n) is 3.50. The molecule has 0 saturated carbocycles. The number of urea groups is 1. The second-order valence-electron chi connectivity index (χ2n) is 7.66. The van der Waals surface area contributed by atoms with Crippen LogP contribution in [0.15, 0.2) is 60.7 Å². The van der Waals surface area contributed by atoms with Gasteiger partial charge in [0.05, 0.1) is 6.61 Å². The Morgan fingerprint density at radius 1 is 0.973 bits per heavy atom. The number of anilines is 2. The van der Waals surface area contributed by atoms with E-state index < -0.39 is 29.9 Å². The van der Waals surface area contributed by atoms with Gasteiger partial charge in [0.2, 0.25) is 5.88 Å². The van der Waals surface area contributed by atoms with Crippen LogP contribution in [0.1, 0.15) is 12.0 Å². The smallest absolute Gasteiger partial charge is 0.437 e. The Morgan fingerprint density at radius 2 is 1.65 bits per heavy atom. The number of carbonyl (C=O) groups excluding carboxylic acids is 1. The molecule has 7 nitrogen and oxygen atoms in total. The van der Waals surface area contributed by atoms with E-state index in [1.807, 2.05) is 0 Å². The van der Waals surface area contributed by atoms with Gasteiger partial charge in [0, 0.05) is 17.7 Å². The lowest BCUT2D eigenvalue weighted by Gasteiger charge is -2.43. The number of carbonyl (C=O) groups is 1. The highest BCUT2D eigenvalue weighted by atomic mass is 35.5. The first-order chi connectivity index (χ1) is 17.4. The first-order valence-corrected chi connectivity index (χ1v) is 10.8. The molecule has 0 radical (unpaired) electrons. The van der Waals surface area contributed by atoms with E-state index in [0.717, 1.165) is 12.1 Å². The van der Waals surface area contributed by atoms with Crippen LogP contribution in [0.25, 0.3) is 0 Å². The SMILES string of the molecule is O=C(Nc1ccc(OC(F)(F)F)cc1)Nc1ccc(Cl)nc1Oc1ccccc1C1(C(F)(F)F)CCO1. The third-order valence-corrected chi connectivity index (χ3v) is 5.42. The summed E-state index contributed by atoms with van der Waals surface area (Å²) in [6.07, 6.45) is -9.89. The van der Waals surface area contributed by atoms with Crippen molar-refractivity contribution >= 4 is 29.0 Å². The first kappa shape index (κ1) is 26.4. The monoisotopic (exact) mass is 547 g/mol. The minimum atomic E-state index is -4.87. The molecule has 2 heterocycles. The zero-order valence-corrected chi connectivity index (χ0v) is 19.2. The summed E-state index contributed by atoms with van der Waals surface area (Å²) in [5.74, 6) is -1.000. The van der Waals surface area contributed by atoms with Gasteiger partial charge in [0.1, 0.15) is 22.3 Å². The summed E-state index contributed by atoms with van der Waals surface area (Å²) in [6.45, 7) is -0.0838. The van der Waals surface area contributed by atoms with Crippen LogP contribution in [-0.2, 0) is 10.3 Å². The van der Waals surface area contributed by atoms with Crippen LogP contribution < -0.4 is 20.1 Å². The van der Waals surface area contributed by atoms with E-state index >= 15 is 0 Å². The van der Waals surface area contributed by atoms with Crippen LogP contribution in [0, 0.1) is 0 Å². The second-order valence-corrected chi connectivity index (χ2v) is 8.05. The van der Waals surface area contributed by atoms with Crippen molar-refractivity contribution in [2.45, 2.75) is 24.6 Å². The first-order valence-electron chi connectivity index (χ1n) is 10.4. The van der Waals surface area contributed by atoms with Crippen LogP contribution in [0.3, 0.4) is 0 Å². The van der Waals surface area contributed by atoms with Gasteiger partial charge >= 0.3 is 18.6 Å². The van der Waals surface area contributed by atoms with E-state index in [9.17, 15) is 31.1 Å². The number of alkyl halides is 6. The molecule has 2 N–H and O–H groups in total. The topological polar surface area (TPSA) is 81.7 Å². The summed E-state index contributed by atoms with van der Waals surface area (Å²) in [7, 11) is 0. The van der Waals surface area contributed by atoms with E-state index in [0.29, 0.717) is 0 Å². The van der Waals surface area contributed by atoms with E-state index in [2.05, 4.69) is 20.4 Å². The van der Waals surface area contributed by atoms with Gasteiger partial charge in [-0.2, -0.15) is 18.2 Å². The normalized spacial score (nSPS) is 17.5. The fraction of sp³-hybridized carbons (Fsp3) is 0.217. The third kappa shape index (κ3) is 6.00. The molecule has 196 valence electrons. The summed E-state index contributed by atoms with van der Waals surface area (Å²) in [6, 6.07) is 11.5. The van der Waals surface area contributed by atoms with Gasteiger partial charge in [0.15, 0.2) is 5.60 Å². The quantitative estimate of drug-likeness (QED) is 0.251. The highest BCUT2D eigenvalue weighted by Crippen LogP contribution is 2.53. The minimum Gasteiger partial charge on any atom is -0.437 e. The Morgan fingerprint density at radius 3 is 2.24 bits per heavy atom. The van der Waals surface area contributed by atoms with Crippen molar-refractivity contribution in [3.63, 3.8) is 0 Å². The molecule has 2 amide bonds. The summed E-state index contributed by atoms with van der Waals surface area (Å²) < 4.78 is 92.8. The number of amides is 2. The zero-order chi connectivity index (χ0) is 26.8. The summed E-state index contributed by atoms with van der Waals surface area (Å²) in [5, 5.41) is 4.74. The number of pyridine rings is 1. The molecule has 0 aliphatic carbocycles. The highest BCUT2D eigenvalue weighted by Gasteiger charge is 2.62. The molecule has 14 heteroatoms. The Bertz CT molecular complexity index is 1280. The molecule has 1 saturated heterocycles. The number of rotatable bonds is 6. The molecule has 0 bridgehead atoms. The molecular weight excluding hydrogens is 532 g/mol. The van der Waals surface area contributed by atoms with Crippen LogP contribution >= 0.6 is 11.6 Å². The van der Waals surface area contributed by atoms with Crippen molar-refractivity contribution in [2.24, 2.45) is 0 Å². The van der Waals surface area contributed by atoms with Crippen molar-refractivity contribution in [3.05, 3.63) is 71.4 Å². The number of aromatic nitrogens is 1. The van der Waals surface area contributed by atoms with Crippen molar-refractivity contribution in [2.75, 3.05) is 17.2 Å². The summed E-state index contributed by atoms with van der Waals surface area (Å²) >= 11 is 5.93. The number of hydrogen-bond donors (Lipinski definition) is 2. The van der Waals surface area contributed by atoms with Crippen LogP contribution in [0.2, 0.25) is 5.15 Å². The minimum absolute atomic E-state index is 0.0516. The predicted molar refractivity (Wildman–Crippen MR) is 120 cm³/mol. The zero-order valence-electron chi connectivity index (χ0n) is 18.4. The number of benzene rings is 2. The van der Waals surface area contributed by atoms with E-state index in [1.54, 1.807) is 0 Å². The van der Waals surface area contributed by atoms with Gasteiger partial charge in [0.25, 0.3) is 0 Å². The van der Waals surface area contributed by atoms with Gasteiger partial charge < -0.3 is 24.8 Å². The van der Waals surface area contributed by atoms with Crippen molar-refractivity contribution in [1.82, 2.24) is 4.98 Å². The summed E-state index contributed by atoms with van der Waals surface area (Å²) in [5.41, 5.74) is -2.75. The van der Waals surface area contributed by atoms with Gasteiger partial charge in [-0.3, -0.25) is 0 Å². The molecule has 1 aromatic heterocycles.